The van der Waals surface area contributed by atoms with Gasteiger partial charge >= 0.3 is 0 Å². The molecule has 0 saturated heterocycles. The molecule has 0 bridgehead atoms. The minimum Gasteiger partial charge on any atom is -0.349 e. The van der Waals surface area contributed by atoms with Crippen molar-refractivity contribution < 1.29 is 9.72 Å². The number of likely N-dealkylation sites (N-methyl/N-ethyl adjacent to an activating group) is 1. The number of carbonyl (C=O) groups is 1. The van der Waals surface area contributed by atoms with E-state index in [0.29, 0.717) is 12.2 Å². The summed E-state index contributed by atoms with van der Waals surface area (Å²) in [6, 6.07) is 7.25. The molecule has 2 rings (SSSR count). The molecule has 0 aliphatic rings. The van der Waals surface area contributed by atoms with Crippen molar-refractivity contribution in [1.82, 2.24) is 20.4 Å². The Morgan fingerprint density at radius 2 is 2.04 bits per heavy atom. The smallest absolute Gasteiger partial charge is 0.294 e. The van der Waals surface area contributed by atoms with Gasteiger partial charge in [-0.25, -0.2) is 4.68 Å². The SMILES string of the molecule is CNC(C)CNC(=O)c1nn(-c2ccccc2[N+](=O)[O-])c(C)cc1=O.Cl. The zero-order chi connectivity index (χ0) is 18.6. The van der Waals surface area contributed by atoms with Crippen molar-refractivity contribution in [3.05, 3.63) is 62.1 Å². The van der Waals surface area contributed by atoms with Crippen LogP contribution in [-0.2, 0) is 0 Å². The monoisotopic (exact) mass is 381 g/mol. The normalized spacial score (nSPS) is 11.3. The fraction of sp³-hybridized carbons (Fsp3) is 0.312. The van der Waals surface area contributed by atoms with Crippen LogP contribution < -0.4 is 16.1 Å². The van der Waals surface area contributed by atoms with Gasteiger partial charge in [0, 0.05) is 30.4 Å². The minimum absolute atomic E-state index is 0. The Labute approximate surface area is 156 Å². The second-order valence-electron chi connectivity index (χ2n) is 5.56. The van der Waals surface area contributed by atoms with Crippen LogP contribution in [0, 0.1) is 17.0 Å². The third kappa shape index (κ3) is 4.64. The molecule has 10 heteroatoms. The first-order valence-corrected chi connectivity index (χ1v) is 7.65. The number of hydrogen-bond acceptors (Lipinski definition) is 6. The molecule has 1 unspecified atom stereocenters. The average Bonchev–Trinajstić information content (AvgIpc) is 2.59. The number of nitro benzene ring substituents is 1. The van der Waals surface area contributed by atoms with Crippen LogP contribution in [0.4, 0.5) is 5.69 Å². The molecule has 1 heterocycles. The maximum absolute atomic E-state index is 12.3. The predicted octanol–water partition coefficient (Wildman–Crippen LogP) is 1.21. The lowest BCUT2D eigenvalue weighted by atomic mass is 10.2. The number of para-hydroxylation sites is 2. The van der Waals surface area contributed by atoms with Gasteiger partial charge in [-0.05, 0) is 27.0 Å². The Bertz CT molecular complexity index is 868. The van der Waals surface area contributed by atoms with Gasteiger partial charge in [-0.1, -0.05) is 12.1 Å². The molecule has 1 atom stereocenters. The maximum Gasteiger partial charge on any atom is 0.294 e. The maximum atomic E-state index is 12.3. The first-order valence-electron chi connectivity index (χ1n) is 7.65. The molecule has 0 aliphatic carbocycles. The quantitative estimate of drug-likeness (QED) is 0.573. The number of aromatic nitrogens is 2. The van der Waals surface area contributed by atoms with Gasteiger partial charge in [0.05, 0.1) is 4.92 Å². The fourth-order valence-corrected chi connectivity index (χ4v) is 2.18. The number of aryl methyl sites for hydroxylation is 1. The number of carbonyl (C=O) groups excluding carboxylic acids is 1. The van der Waals surface area contributed by atoms with Gasteiger partial charge in [-0.15, -0.1) is 12.4 Å². The number of halogens is 1. The van der Waals surface area contributed by atoms with Crippen molar-refractivity contribution in [2.45, 2.75) is 19.9 Å². The highest BCUT2D eigenvalue weighted by Gasteiger charge is 2.20. The van der Waals surface area contributed by atoms with E-state index in [9.17, 15) is 19.7 Å². The minimum atomic E-state index is -0.626. The number of nitrogens with one attached hydrogen (secondary N) is 2. The summed E-state index contributed by atoms with van der Waals surface area (Å²) >= 11 is 0. The van der Waals surface area contributed by atoms with E-state index < -0.39 is 16.3 Å². The fourth-order valence-electron chi connectivity index (χ4n) is 2.18. The van der Waals surface area contributed by atoms with Gasteiger partial charge in [0.1, 0.15) is 5.69 Å². The summed E-state index contributed by atoms with van der Waals surface area (Å²) in [6.07, 6.45) is 0. The Morgan fingerprint density at radius 3 is 2.65 bits per heavy atom. The molecule has 0 fully saturated rings. The van der Waals surface area contributed by atoms with E-state index in [1.165, 1.54) is 28.9 Å². The van der Waals surface area contributed by atoms with Gasteiger partial charge in [0.15, 0.2) is 5.69 Å². The van der Waals surface area contributed by atoms with Gasteiger partial charge in [-0.2, -0.15) is 5.10 Å². The summed E-state index contributed by atoms with van der Waals surface area (Å²) in [5, 5.41) is 20.8. The van der Waals surface area contributed by atoms with Crippen molar-refractivity contribution in [3.8, 4) is 5.69 Å². The lowest BCUT2D eigenvalue weighted by Gasteiger charge is -2.13. The molecule has 9 nitrogen and oxygen atoms in total. The van der Waals surface area contributed by atoms with Crippen molar-refractivity contribution in [1.29, 1.82) is 0 Å². The third-order valence-corrected chi connectivity index (χ3v) is 3.69. The second-order valence-corrected chi connectivity index (χ2v) is 5.56. The molecule has 1 amide bonds. The van der Waals surface area contributed by atoms with Crippen molar-refractivity contribution in [3.63, 3.8) is 0 Å². The Balaban J connectivity index is 0.00000338. The molecule has 2 aromatic rings. The van der Waals surface area contributed by atoms with Gasteiger partial charge in [-0.3, -0.25) is 19.7 Å². The number of nitrogens with zero attached hydrogens (tertiary/aromatic N) is 3. The number of amides is 1. The van der Waals surface area contributed by atoms with Crippen LogP contribution in [0.3, 0.4) is 0 Å². The molecule has 0 radical (unpaired) electrons. The summed E-state index contributed by atoms with van der Waals surface area (Å²) in [7, 11) is 1.75. The highest BCUT2D eigenvalue weighted by Crippen LogP contribution is 2.22. The standard InChI is InChI=1S/C16H19N5O4.ClH/c1-10(17-3)9-18-16(23)15-14(22)8-11(2)20(19-15)12-6-4-5-7-13(12)21(24)25;/h4-8,10,17H,9H2,1-3H3,(H,18,23);1H. The molecular formula is C16H20ClN5O4. The Hall–Kier alpha value is -2.78. The first-order chi connectivity index (χ1) is 11.8. The molecule has 0 aliphatic heterocycles. The lowest BCUT2D eigenvalue weighted by molar-refractivity contribution is -0.384. The largest absolute Gasteiger partial charge is 0.349 e. The number of nitro groups is 1. The van der Waals surface area contributed by atoms with Gasteiger partial charge < -0.3 is 10.6 Å². The molecule has 2 N–H and O–H groups in total. The zero-order valence-electron chi connectivity index (χ0n) is 14.6. The van der Waals surface area contributed by atoms with E-state index in [0.717, 1.165) is 0 Å². The van der Waals surface area contributed by atoms with Crippen LogP contribution in [-0.4, -0.2) is 40.2 Å². The molecule has 140 valence electrons. The van der Waals surface area contributed by atoms with E-state index >= 15 is 0 Å². The van der Waals surface area contributed by atoms with Crippen LogP contribution in [0.2, 0.25) is 0 Å². The van der Waals surface area contributed by atoms with E-state index in [-0.39, 0.29) is 35.5 Å². The number of benzene rings is 1. The van der Waals surface area contributed by atoms with Crippen LogP contribution in [0.25, 0.3) is 5.69 Å². The van der Waals surface area contributed by atoms with E-state index in [2.05, 4.69) is 15.7 Å². The number of rotatable bonds is 6. The average molecular weight is 382 g/mol. The third-order valence-electron chi connectivity index (χ3n) is 3.69. The number of hydrogen-bond donors (Lipinski definition) is 2. The topological polar surface area (TPSA) is 119 Å². The van der Waals surface area contributed by atoms with Gasteiger partial charge in [0.2, 0.25) is 5.43 Å². The highest BCUT2D eigenvalue weighted by molar-refractivity contribution is 5.92. The van der Waals surface area contributed by atoms with Crippen molar-refractivity contribution in [2.75, 3.05) is 13.6 Å². The lowest BCUT2D eigenvalue weighted by Crippen LogP contribution is -2.39. The Morgan fingerprint density at radius 1 is 1.38 bits per heavy atom. The molecule has 1 aromatic carbocycles. The summed E-state index contributed by atoms with van der Waals surface area (Å²) in [5.41, 5.74) is -0.451. The molecular weight excluding hydrogens is 362 g/mol. The van der Waals surface area contributed by atoms with E-state index in [1.54, 1.807) is 20.0 Å². The van der Waals surface area contributed by atoms with Crippen LogP contribution in [0.15, 0.2) is 35.1 Å². The summed E-state index contributed by atoms with van der Waals surface area (Å²) < 4.78 is 1.23. The summed E-state index contributed by atoms with van der Waals surface area (Å²) in [5.74, 6) is -0.626. The molecule has 0 saturated carbocycles. The van der Waals surface area contributed by atoms with Crippen LogP contribution in [0.1, 0.15) is 23.1 Å². The van der Waals surface area contributed by atoms with Crippen LogP contribution in [0.5, 0.6) is 0 Å². The second kappa shape index (κ2) is 9.07. The van der Waals surface area contributed by atoms with Crippen molar-refractivity contribution >= 4 is 24.0 Å². The molecule has 26 heavy (non-hydrogen) atoms. The zero-order valence-corrected chi connectivity index (χ0v) is 15.4. The molecule has 1 aromatic heterocycles. The first kappa shape index (κ1) is 21.3. The van der Waals surface area contributed by atoms with Crippen LogP contribution >= 0.6 is 12.4 Å². The van der Waals surface area contributed by atoms with Crippen molar-refractivity contribution in [2.24, 2.45) is 0 Å². The highest BCUT2D eigenvalue weighted by atomic mass is 35.5. The molecule has 0 spiro atoms. The summed E-state index contributed by atoms with van der Waals surface area (Å²) in [6.45, 7) is 3.78. The van der Waals surface area contributed by atoms with Gasteiger partial charge in [0.25, 0.3) is 11.6 Å². The predicted molar refractivity (Wildman–Crippen MR) is 99.3 cm³/mol. The van der Waals surface area contributed by atoms with E-state index in [1.807, 2.05) is 6.92 Å². The van der Waals surface area contributed by atoms with E-state index in [4.69, 9.17) is 0 Å². The summed E-state index contributed by atoms with van der Waals surface area (Å²) in [4.78, 5) is 35.0. The Kier molecular flexibility index (Phi) is 7.41.